The predicted molar refractivity (Wildman–Crippen MR) is 121 cm³/mol. The quantitative estimate of drug-likeness (QED) is 0.321. The number of nitro groups is 1. The van der Waals surface area contributed by atoms with Gasteiger partial charge in [-0.3, -0.25) is 15.1 Å². The zero-order valence-electron chi connectivity index (χ0n) is 17.1. The molecule has 1 aromatic heterocycles. The lowest BCUT2D eigenvalue weighted by atomic mass is 10.0. The molecule has 4 rings (SSSR count). The summed E-state index contributed by atoms with van der Waals surface area (Å²) in [7, 11) is 0. The van der Waals surface area contributed by atoms with Gasteiger partial charge in [0.25, 0.3) is 5.69 Å². The molecule has 0 amide bonds. The number of rotatable bonds is 4. The Hall–Kier alpha value is -3.06. The molecule has 154 valence electrons. The first-order valence-electron chi connectivity index (χ1n) is 10.2. The Morgan fingerprint density at radius 2 is 1.90 bits per heavy atom. The van der Waals surface area contributed by atoms with Crippen LogP contribution in [0.2, 0.25) is 0 Å². The molecule has 0 unspecified atom stereocenters. The molecular formula is C23H24N4O2S. The molecule has 0 saturated carbocycles. The molecule has 0 saturated heterocycles. The van der Waals surface area contributed by atoms with Crippen molar-refractivity contribution >= 4 is 22.7 Å². The van der Waals surface area contributed by atoms with Crippen LogP contribution in [0.15, 0.2) is 64.0 Å². The molecule has 0 N–H and O–H groups in total. The third-order valence-electron chi connectivity index (χ3n) is 5.07. The largest absolute Gasteiger partial charge is 0.270 e. The van der Waals surface area contributed by atoms with Crippen LogP contribution in [0, 0.1) is 10.1 Å². The van der Waals surface area contributed by atoms with Crippen molar-refractivity contribution in [2.24, 2.45) is 10.1 Å². The molecule has 3 aromatic rings. The topological polar surface area (TPSA) is 72.8 Å². The number of thiazole rings is 1. The van der Waals surface area contributed by atoms with Crippen LogP contribution in [-0.2, 0) is 6.42 Å². The number of aromatic nitrogens is 1. The molecule has 0 radical (unpaired) electrons. The number of fused-ring (bicyclic) bond motifs is 1. The maximum Gasteiger partial charge on any atom is 0.270 e. The van der Waals surface area contributed by atoms with Crippen molar-refractivity contribution in [1.29, 1.82) is 0 Å². The van der Waals surface area contributed by atoms with Gasteiger partial charge in [0.15, 0.2) is 0 Å². The SMILES string of the molecule is CC(C)N=c1scc(-c2cccc([N+](=O)[O-])c2)n1N=C1CCCCc2ccccc21. The zero-order valence-corrected chi connectivity index (χ0v) is 17.9. The molecule has 0 bridgehead atoms. The van der Waals surface area contributed by atoms with Crippen molar-refractivity contribution < 1.29 is 4.92 Å². The summed E-state index contributed by atoms with van der Waals surface area (Å²) in [6.07, 6.45) is 4.19. The van der Waals surface area contributed by atoms with E-state index in [9.17, 15) is 10.1 Å². The van der Waals surface area contributed by atoms with Gasteiger partial charge in [0.05, 0.1) is 16.3 Å². The number of nitrogens with zero attached hydrogens (tertiary/aromatic N) is 4. The molecule has 0 spiro atoms. The molecular weight excluding hydrogens is 396 g/mol. The van der Waals surface area contributed by atoms with Gasteiger partial charge < -0.3 is 0 Å². The van der Waals surface area contributed by atoms with Gasteiger partial charge in [0.2, 0.25) is 4.80 Å². The number of non-ortho nitro benzene ring substituents is 1. The van der Waals surface area contributed by atoms with Gasteiger partial charge in [0, 0.05) is 34.7 Å². The summed E-state index contributed by atoms with van der Waals surface area (Å²) in [5.41, 5.74) is 5.20. The van der Waals surface area contributed by atoms with Gasteiger partial charge in [-0.15, -0.1) is 11.3 Å². The minimum Gasteiger partial charge on any atom is -0.258 e. The zero-order chi connectivity index (χ0) is 21.1. The number of hydrogen-bond donors (Lipinski definition) is 0. The van der Waals surface area contributed by atoms with Crippen molar-refractivity contribution in [1.82, 2.24) is 4.68 Å². The molecule has 0 atom stereocenters. The van der Waals surface area contributed by atoms with Gasteiger partial charge in [-0.05, 0) is 45.1 Å². The molecule has 6 nitrogen and oxygen atoms in total. The maximum absolute atomic E-state index is 11.3. The summed E-state index contributed by atoms with van der Waals surface area (Å²) in [6.45, 7) is 4.07. The van der Waals surface area contributed by atoms with Crippen molar-refractivity contribution in [3.8, 4) is 11.3 Å². The summed E-state index contributed by atoms with van der Waals surface area (Å²) >= 11 is 1.51. The Kier molecular flexibility index (Phi) is 5.90. The van der Waals surface area contributed by atoms with E-state index in [-0.39, 0.29) is 16.7 Å². The maximum atomic E-state index is 11.3. The number of hydrogen-bond acceptors (Lipinski definition) is 5. The first-order chi connectivity index (χ1) is 14.5. The fourth-order valence-electron chi connectivity index (χ4n) is 3.67. The second-order valence-corrected chi connectivity index (χ2v) is 8.49. The lowest BCUT2D eigenvalue weighted by Crippen LogP contribution is -2.17. The van der Waals surface area contributed by atoms with Crippen molar-refractivity contribution in [2.45, 2.75) is 45.6 Å². The Morgan fingerprint density at radius 3 is 2.70 bits per heavy atom. The minimum atomic E-state index is -0.368. The first kappa shape index (κ1) is 20.2. The van der Waals surface area contributed by atoms with Gasteiger partial charge >= 0.3 is 0 Å². The molecule has 30 heavy (non-hydrogen) atoms. The second-order valence-electron chi connectivity index (χ2n) is 7.66. The van der Waals surface area contributed by atoms with Crippen molar-refractivity contribution in [3.05, 3.63) is 80.0 Å². The highest BCUT2D eigenvalue weighted by Crippen LogP contribution is 2.26. The van der Waals surface area contributed by atoms with Crippen LogP contribution in [0.4, 0.5) is 5.69 Å². The Bertz CT molecular complexity index is 1170. The molecule has 1 aliphatic carbocycles. The van der Waals surface area contributed by atoms with Crippen LogP contribution in [-0.4, -0.2) is 21.4 Å². The Balaban J connectivity index is 1.91. The van der Waals surface area contributed by atoms with E-state index in [0.717, 1.165) is 47.5 Å². The number of aryl methyl sites for hydroxylation is 1. The summed E-state index contributed by atoms with van der Waals surface area (Å²) in [5, 5.41) is 18.3. The number of nitro benzene ring substituents is 1. The Morgan fingerprint density at radius 1 is 1.10 bits per heavy atom. The summed E-state index contributed by atoms with van der Waals surface area (Å²) in [6, 6.07) is 15.3. The van der Waals surface area contributed by atoms with Gasteiger partial charge in [0.1, 0.15) is 0 Å². The smallest absolute Gasteiger partial charge is 0.258 e. The van der Waals surface area contributed by atoms with Crippen LogP contribution in [0.1, 0.15) is 44.2 Å². The normalized spacial score (nSPS) is 16.0. The molecule has 1 aliphatic rings. The van der Waals surface area contributed by atoms with Gasteiger partial charge in [-0.2, -0.15) is 5.10 Å². The highest BCUT2D eigenvalue weighted by atomic mass is 32.1. The molecule has 0 fully saturated rings. The van der Waals surface area contributed by atoms with E-state index in [4.69, 9.17) is 10.1 Å². The van der Waals surface area contributed by atoms with Crippen molar-refractivity contribution in [2.75, 3.05) is 0 Å². The van der Waals surface area contributed by atoms with Crippen LogP contribution >= 0.6 is 11.3 Å². The average Bonchev–Trinajstić information content (AvgIpc) is 2.99. The highest BCUT2D eigenvalue weighted by Gasteiger charge is 2.17. The third-order valence-corrected chi connectivity index (χ3v) is 5.90. The second kappa shape index (κ2) is 8.75. The lowest BCUT2D eigenvalue weighted by molar-refractivity contribution is -0.384. The lowest BCUT2D eigenvalue weighted by Gasteiger charge is -2.10. The van der Waals surface area contributed by atoms with E-state index >= 15 is 0 Å². The van der Waals surface area contributed by atoms with E-state index in [1.807, 2.05) is 30.0 Å². The number of benzene rings is 2. The standard InChI is InChI=1S/C23H24N4O2S/c1-16(2)24-23-26(22(15-30-23)18-10-7-11-19(14-18)27(28)29)25-21-13-6-4-9-17-8-3-5-12-20(17)21/h3,5,7-8,10-12,14-16H,4,6,9,13H2,1-2H3. The molecule has 7 heteroatoms. The van der Waals surface area contributed by atoms with Crippen LogP contribution < -0.4 is 4.80 Å². The fourth-order valence-corrected chi connectivity index (χ4v) is 4.63. The van der Waals surface area contributed by atoms with Gasteiger partial charge in [-0.1, -0.05) is 36.4 Å². The predicted octanol–water partition coefficient (Wildman–Crippen LogP) is 5.41. The van der Waals surface area contributed by atoms with Crippen LogP contribution in [0.3, 0.4) is 0 Å². The van der Waals surface area contributed by atoms with Crippen LogP contribution in [0.5, 0.6) is 0 Å². The average molecular weight is 421 g/mol. The van der Waals surface area contributed by atoms with E-state index in [0.29, 0.717) is 0 Å². The fraction of sp³-hybridized carbons (Fsp3) is 0.304. The van der Waals surface area contributed by atoms with E-state index in [2.05, 4.69) is 24.3 Å². The van der Waals surface area contributed by atoms with E-state index in [1.54, 1.807) is 12.1 Å². The van der Waals surface area contributed by atoms with Crippen molar-refractivity contribution in [3.63, 3.8) is 0 Å². The molecule has 0 aliphatic heterocycles. The van der Waals surface area contributed by atoms with Crippen LogP contribution in [0.25, 0.3) is 11.3 Å². The third kappa shape index (κ3) is 4.26. The molecule has 1 heterocycles. The molecule has 2 aromatic carbocycles. The van der Waals surface area contributed by atoms with Gasteiger partial charge in [-0.25, -0.2) is 4.68 Å². The van der Waals surface area contributed by atoms with E-state index < -0.39 is 0 Å². The Labute approximate surface area is 179 Å². The minimum absolute atomic E-state index is 0.0695. The first-order valence-corrected chi connectivity index (χ1v) is 11.1. The monoisotopic (exact) mass is 420 g/mol. The summed E-state index contributed by atoms with van der Waals surface area (Å²) in [4.78, 5) is 16.4. The van der Waals surface area contributed by atoms with E-state index in [1.165, 1.54) is 28.5 Å². The highest BCUT2D eigenvalue weighted by molar-refractivity contribution is 7.07. The summed E-state index contributed by atoms with van der Waals surface area (Å²) < 4.78 is 1.86. The summed E-state index contributed by atoms with van der Waals surface area (Å²) in [5.74, 6) is 0.